The van der Waals surface area contributed by atoms with Gasteiger partial charge in [0, 0.05) is 34.7 Å². The first-order valence-electron chi connectivity index (χ1n) is 13.5. The van der Waals surface area contributed by atoms with Crippen LogP contribution in [0.4, 0.5) is 0 Å². The molecule has 2 aromatic carbocycles. The van der Waals surface area contributed by atoms with E-state index in [9.17, 15) is 20.7 Å². The Morgan fingerprint density at radius 1 is 0.575 bits per heavy atom. The Hall–Kier alpha value is -3.90. The van der Waals surface area contributed by atoms with Crippen LogP contribution >= 0.6 is 0 Å². The topological polar surface area (TPSA) is 113 Å². The summed E-state index contributed by atoms with van der Waals surface area (Å²) in [5.41, 5.74) is 3.09. The Labute approximate surface area is 240 Å². The number of aromatic hydroxyl groups is 2. The summed E-state index contributed by atoms with van der Waals surface area (Å²) in [4.78, 5) is 8.55. The van der Waals surface area contributed by atoms with E-state index in [0.29, 0.717) is 11.1 Å². The second-order valence-electron chi connectivity index (χ2n) is 14.4. The van der Waals surface area contributed by atoms with Gasteiger partial charge in [0.2, 0.25) is 0 Å². The summed E-state index contributed by atoms with van der Waals surface area (Å²) in [7, 11) is 0. The first-order chi connectivity index (χ1) is 18.1. The number of allylic oxidation sites excluding steroid dienone is 2. The van der Waals surface area contributed by atoms with Gasteiger partial charge >= 0.3 is 0 Å². The van der Waals surface area contributed by atoms with Crippen LogP contribution in [0.25, 0.3) is 0 Å². The van der Waals surface area contributed by atoms with Crippen LogP contribution in [0.5, 0.6) is 11.5 Å². The van der Waals surface area contributed by atoms with E-state index in [-0.39, 0.29) is 44.6 Å². The van der Waals surface area contributed by atoms with Crippen molar-refractivity contribution >= 4 is 12.4 Å². The number of aliphatic imine (C=N–C) groups is 2. The van der Waals surface area contributed by atoms with E-state index in [4.69, 9.17) is 0 Å². The molecule has 6 heteroatoms. The molecule has 2 N–H and O–H groups in total. The lowest BCUT2D eigenvalue weighted by atomic mass is 9.79. The van der Waals surface area contributed by atoms with Gasteiger partial charge in [0.15, 0.2) is 11.4 Å². The Bertz CT molecular complexity index is 1340. The van der Waals surface area contributed by atoms with Crippen LogP contribution in [-0.4, -0.2) is 22.6 Å². The lowest BCUT2D eigenvalue weighted by Gasteiger charge is -2.27. The Balaban J connectivity index is 2.69. The lowest BCUT2D eigenvalue weighted by molar-refractivity contribution is 0.443. The summed E-state index contributed by atoms with van der Waals surface area (Å²) >= 11 is 0. The molecule has 40 heavy (non-hydrogen) atoms. The van der Waals surface area contributed by atoms with E-state index in [0.717, 1.165) is 22.3 Å². The number of benzene rings is 2. The van der Waals surface area contributed by atoms with Crippen molar-refractivity contribution < 1.29 is 10.2 Å². The standard InChI is InChI=1S/C34H44N4O2/c1-31(2,3)23-13-21(29(39)25(15-23)33(7,8)9)19-37-27(17-35)28(18-36)38-20-22-14-24(32(4,5)6)16-26(30(22)40)34(10,11)12/h13-16,19-20,39-40H,1-12H3/b28-27-,37-19?,38-20?. The molecule has 0 atom stereocenters. The molecule has 0 spiro atoms. The summed E-state index contributed by atoms with van der Waals surface area (Å²) in [6.07, 6.45) is 2.81. The molecule has 0 unspecified atom stereocenters. The summed E-state index contributed by atoms with van der Waals surface area (Å²) in [5.74, 6) is 0.171. The van der Waals surface area contributed by atoms with Gasteiger partial charge in [-0.1, -0.05) is 95.2 Å². The fraction of sp³-hybridized carbons (Fsp3) is 0.471. The van der Waals surface area contributed by atoms with Crippen LogP contribution in [0.3, 0.4) is 0 Å². The van der Waals surface area contributed by atoms with Gasteiger partial charge in [-0.15, -0.1) is 0 Å². The lowest BCUT2D eigenvalue weighted by Crippen LogP contribution is -2.17. The number of hydrogen-bond donors (Lipinski definition) is 2. The molecule has 0 heterocycles. The Kier molecular flexibility index (Phi) is 9.13. The maximum atomic E-state index is 11.0. The molecule has 0 bridgehead atoms. The fourth-order valence-electron chi connectivity index (χ4n) is 4.07. The van der Waals surface area contributed by atoms with Crippen molar-refractivity contribution in [3.63, 3.8) is 0 Å². The quantitative estimate of drug-likeness (QED) is 0.301. The normalized spacial score (nSPS) is 13.8. The van der Waals surface area contributed by atoms with Crippen molar-refractivity contribution in [3.8, 4) is 23.6 Å². The summed E-state index contributed by atoms with van der Waals surface area (Å²) in [5, 5.41) is 41.8. The Morgan fingerprint density at radius 2 is 0.875 bits per heavy atom. The van der Waals surface area contributed by atoms with Crippen LogP contribution in [0, 0.1) is 22.7 Å². The first kappa shape index (κ1) is 32.3. The molecule has 0 amide bonds. The number of phenols is 2. The minimum absolute atomic E-state index is 0.0853. The van der Waals surface area contributed by atoms with E-state index in [1.165, 1.54) is 12.4 Å². The van der Waals surface area contributed by atoms with Gasteiger partial charge in [0.05, 0.1) is 0 Å². The van der Waals surface area contributed by atoms with Crippen molar-refractivity contribution in [2.24, 2.45) is 9.98 Å². The molecular weight excluding hydrogens is 496 g/mol. The third kappa shape index (κ3) is 7.60. The molecule has 0 aromatic heterocycles. The van der Waals surface area contributed by atoms with Crippen molar-refractivity contribution in [3.05, 3.63) is 69.0 Å². The average molecular weight is 541 g/mol. The molecule has 0 fully saturated rings. The Morgan fingerprint density at radius 3 is 1.10 bits per heavy atom. The second kappa shape index (κ2) is 11.3. The highest BCUT2D eigenvalue weighted by Crippen LogP contribution is 2.38. The highest BCUT2D eigenvalue weighted by molar-refractivity contribution is 5.87. The van der Waals surface area contributed by atoms with Crippen LogP contribution in [0.1, 0.15) is 116 Å². The number of phenolic OH excluding ortho intramolecular Hbond substituents is 2. The number of nitrogens with zero attached hydrogens (tertiary/aromatic N) is 4. The fourth-order valence-corrected chi connectivity index (χ4v) is 4.07. The zero-order valence-corrected chi connectivity index (χ0v) is 26.1. The zero-order valence-electron chi connectivity index (χ0n) is 26.1. The predicted molar refractivity (Wildman–Crippen MR) is 164 cm³/mol. The molecule has 0 saturated heterocycles. The van der Waals surface area contributed by atoms with E-state index >= 15 is 0 Å². The number of rotatable bonds is 4. The van der Waals surface area contributed by atoms with E-state index in [2.05, 4.69) is 51.5 Å². The van der Waals surface area contributed by atoms with Gasteiger partial charge in [0.25, 0.3) is 0 Å². The largest absolute Gasteiger partial charge is 0.507 e. The van der Waals surface area contributed by atoms with Crippen molar-refractivity contribution in [1.29, 1.82) is 10.5 Å². The average Bonchev–Trinajstić information content (AvgIpc) is 2.79. The molecule has 0 aliphatic heterocycles. The summed E-state index contributed by atoms with van der Waals surface area (Å²) in [6, 6.07) is 11.6. The molecule has 0 radical (unpaired) electrons. The SMILES string of the molecule is CC(C)(C)c1cc(C=N/C(C#N)=C(/C#N)N=Cc2cc(C(C)(C)C)cc(C(C)(C)C)c2O)c(O)c(C(C)(C)C)c1. The third-order valence-electron chi connectivity index (χ3n) is 6.73. The second-order valence-corrected chi connectivity index (χ2v) is 14.4. The summed E-state index contributed by atoms with van der Waals surface area (Å²) < 4.78 is 0. The molecule has 2 aromatic rings. The molecule has 2 rings (SSSR count). The number of hydrogen-bond acceptors (Lipinski definition) is 6. The first-order valence-corrected chi connectivity index (χ1v) is 13.5. The predicted octanol–water partition coefficient (Wildman–Crippen LogP) is 8.08. The smallest absolute Gasteiger partial charge is 0.176 e. The molecule has 0 saturated carbocycles. The zero-order chi connectivity index (χ0) is 30.8. The number of nitriles is 2. The van der Waals surface area contributed by atoms with E-state index < -0.39 is 0 Å². The third-order valence-corrected chi connectivity index (χ3v) is 6.73. The van der Waals surface area contributed by atoms with E-state index in [1.807, 2.05) is 77.9 Å². The summed E-state index contributed by atoms with van der Waals surface area (Å²) in [6.45, 7) is 24.7. The van der Waals surface area contributed by atoms with Gasteiger partial charge in [-0.05, 0) is 44.9 Å². The van der Waals surface area contributed by atoms with Crippen LogP contribution in [0.15, 0.2) is 45.6 Å². The molecule has 212 valence electrons. The monoisotopic (exact) mass is 540 g/mol. The molecule has 0 aliphatic carbocycles. The molecular formula is C34H44N4O2. The van der Waals surface area contributed by atoms with Crippen LogP contribution < -0.4 is 0 Å². The minimum Gasteiger partial charge on any atom is -0.507 e. The maximum absolute atomic E-state index is 11.0. The molecule has 0 aliphatic rings. The van der Waals surface area contributed by atoms with Gasteiger partial charge < -0.3 is 10.2 Å². The molecule has 6 nitrogen and oxygen atoms in total. The van der Waals surface area contributed by atoms with Gasteiger partial charge in [-0.3, -0.25) is 0 Å². The minimum atomic E-state index is -0.320. The van der Waals surface area contributed by atoms with E-state index in [1.54, 1.807) is 0 Å². The van der Waals surface area contributed by atoms with Crippen molar-refractivity contribution in [2.75, 3.05) is 0 Å². The maximum Gasteiger partial charge on any atom is 0.176 e. The highest BCUT2D eigenvalue weighted by atomic mass is 16.3. The van der Waals surface area contributed by atoms with Crippen molar-refractivity contribution in [2.45, 2.75) is 105 Å². The highest BCUT2D eigenvalue weighted by Gasteiger charge is 2.26. The van der Waals surface area contributed by atoms with Crippen LogP contribution in [-0.2, 0) is 21.7 Å². The van der Waals surface area contributed by atoms with Crippen LogP contribution in [0.2, 0.25) is 0 Å². The van der Waals surface area contributed by atoms with Gasteiger partial charge in [0.1, 0.15) is 23.6 Å². The van der Waals surface area contributed by atoms with Crippen molar-refractivity contribution in [1.82, 2.24) is 0 Å². The van der Waals surface area contributed by atoms with Gasteiger partial charge in [-0.25, -0.2) is 9.98 Å². The van der Waals surface area contributed by atoms with Gasteiger partial charge in [-0.2, -0.15) is 10.5 Å².